The van der Waals surface area contributed by atoms with Crippen LogP contribution in [0.25, 0.3) is 11.0 Å². The number of carbonyl (C=O) groups excluding carboxylic acids is 1. The van der Waals surface area contributed by atoms with Gasteiger partial charge < -0.3 is 9.30 Å². The maximum Gasteiger partial charge on any atom is 0.374 e. The lowest BCUT2D eigenvalue weighted by Gasteiger charge is -2.05. The number of hydrogen-bond acceptors (Lipinski definition) is 3. The molecule has 2 aromatic rings. The van der Waals surface area contributed by atoms with E-state index in [1.54, 1.807) is 6.07 Å². The van der Waals surface area contributed by atoms with Crippen LogP contribution in [0.1, 0.15) is 29.5 Å². The maximum atomic E-state index is 13.1. The van der Waals surface area contributed by atoms with Crippen LogP contribution in [0.5, 0.6) is 0 Å². The molecule has 0 spiro atoms. The molecule has 0 atom stereocenters. The monoisotopic (exact) mass is 234 g/mol. The van der Waals surface area contributed by atoms with Crippen LogP contribution in [0.3, 0.4) is 0 Å². The number of ether oxygens (including phenoxy) is 1. The Morgan fingerprint density at radius 3 is 2.94 bits per heavy atom. The highest BCUT2D eigenvalue weighted by molar-refractivity contribution is 5.91. The largest absolute Gasteiger partial charge is 0.463 e. The Kier molecular flexibility index (Phi) is 2.14. The van der Waals surface area contributed by atoms with Crippen molar-refractivity contribution >= 4 is 17.0 Å². The van der Waals surface area contributed by atoms with Crippen molar-refractivity contribution in [3.8, 4) is 0 Å². The summed E-state index contributed by atoms with van der Waals surface area (Å²) in [4.78, 5) is 15.8. The minimum atomic E-state index is -0.478. The number of fused-ring (bicyclic) bond motifs is 1. The number of rotatable bonds is 2. The molecule has 4 nitrogen and oxygen atoms in total. The summed E-state index contributed by atoms with van der Waals surface area (Å²) < 4.78 is 19.7. The van der Waals surface area contributed by atoms with E-state index in [0.717, 1.165) is 18.4 Å². The molecule has 0 amide bonds. The summed E-state index contributed by atoms with van der Waals surface area (Å²) in [7, 11) is 1.32. The van der Waals surface area contributed by atoms with Gasteiger partial charge in [-0.15, -0.1) is 0 Å². The van der Waals surface area contributed by atoms with Gasteiger partial charge in [0, 0.05) is 12.1 Å². The lowest BCUT2D eigenvalue weighted by molar-refractivity contribution is 0.0581. The van der Waals surface area contributed by atoms with E-state index in [1.807, 2.05) is 4.57 Å². The Morgan fingerprint density at radius 1 is 1.53 bits per heavy atom. The summed E-state index contributed by atoms with van der Waals surface area (Å²) >= 11 is 0. The Hall–Kier alpha value is -1.91. The van der Waals surface area contributed by atoms with Crippen molar-refractivity contribution in [2.45, 2.75) is 18.9 Å². The standard InChI is InChI=1S/C12H11FN2O2/c1-17-12(16)11-14-9-6-7(13)2-5-10(9)15(11)8-3-4-8/h2,5-6,8H,3-4H2,1H3. The Labute approximate surface area is 97.0 Å². The van der Waals surface area contributed by atoms with Gasteiger partial charge in [-0.25, -0.2) is 14.2 Å². The van der Waals surface area contributed by atoms with Crippen LogP contribution in [0, 0.1) is 5.82 Å². The highest BCUT2D eigenvalue weighted by Crippen LogP contribution is 2.38. The molecule has 0 unspecified atom stereocenters. The summed E-state index contributed by atoms with van der Waals surface area (Å²) in [5.41, 5.74) is 1.28. The Morgan fingerprint density at radius 2 is 2.29 bits per heavy atom. The minimum absolute atomic E-state index is 0.260. The van der Waals surface area contributed by atoms with E-state index in [9.17, 15) is 9.18 Å². The fourth-order valence-electron chi connectivity index (χ4n) is 2.01. The van der Waals surface area contributed by atoms with Gasteiger partial charge in [-0.05, 0) is 25.0 Å². The number of imidazole rings is 1. The van der Waals surface area contributed by atoms with E-state index in [2.05, 4.69) is 4.98 Å². The summed E-state index contributed by atoms with van der Waals surface area (Å²) in [6.07, 6.45) is 2.04. The first-order valence-corrected chi connectivity index (χ1v) is 5.46. The Bertz CT molecular complexity index is 602. The van der Waals surface area contributed by atoms with E-state index in [-0.39, 0.29) is 11.6 Å². The summed E-state index contributed by atoms with van der Waals surface area (Å²) in [5.74, 6) is -0.571. The SMILES string of the molecule is COC(=O)c1nc2cc(F)ccc2n1C1CC1. The number of aromatic nitrogens is 2. The molecule has 1 aromatic heterocycles. The van der Waals surface area contributed by atoms with E-state index in [0.29, 0.717) is 11.6 Å². The van der Waals surface area contributed by atoms with Crippen molar-refractivity contribution in [3.05, 3.63) is 29.8 Å². The third-order valence-corrected chi connectivity index (χ3v) is 2.93. The van der Waals surface area contributed by atoms with Crippen LogP contribution < -0.4 is 0 Å². The topological polar surface area (TPSA) is 44.1 Å². The normalized spacial score (nSPS) is 15.2. The number of benzene rings is 1. The number of nitrogens with zero attached hydrogens (tertiary/aromatic N) is 2. The van der Waals surface area contributed by atoms with Gasteiger partial charge in [-0.1, -0.05) is 0 Å². The van der Waals surface area contributed by atoms with Crippen molar-refractivity contribution in [1.82, 2.24) is 9.55 Å². The second-order valence-corrected chi connectivity index (χ2v) is 4.16. The number of methoxy groups -OCH3 is 1. The van der Waals surface area contributed by atoms with E-state index in [4.69, 9.17) is 4.74 Å². The van der Waals surface area contributed by atoms with E-state index < -0.39 is 5.97 Å². The molecule has 5 heteroatoms. The van der Waals surface area contributed by atoms with Crippen molar-refractivity contribution in [1.29, 1.82) is 0 Å². The molecule has 0 saturated heterocycles. The molecule has 1 fully saturated rings. The van der Waals surface area contributed by atoms with Gasteiger partial charge in [-0.3, -0.25) is 0 Å². The highest BCUT2D eigenvalue weighted by atomic mass is 19.1. The second kappa shape index (κ2) is 3.55. The molecular formula is C12H11FN2O2. The first-order chi connectivity index (χ1) is 8.20. The smallest absolute Gasteiger partial charge is 0.374 e. The van der Waals surface area contributed by atoms with Crippen LogP contribution in [-0.2, 0) is 4.74 Å². The van der Waals surface area contributed by atoms with Gasteiger partial charge in [0.05, 0.1) is 18.1 Å². The Balaban J connectivity index is 2.26. The third-order valence-electron chi connectivity index (χ3n) is 2.93. The molecule has 1 aromatic carbocycles. The average molecular weight is 234 g/mol. The molecule has 17 heavy (non-hydrogen) atoms. The molecule has 1 aliphatic rings. The van der Waals surface area contributed by atoms with Crippen LogP contribution in [-0.4, -0.2) is 22.6 Å². The predicted molar refractivity (Wildman–Crippen MR) is 59.3 cm³/mol. The summed E-state index contributed by atoms with van der Waals surface area (Å²) in [6.45, 7) is 0. The van der Waals surface area contributed by atoms with Gasteiger partial charge in [0.1, 0.15) is 5.82 Å². The first kappa shape index (κ1) is 10.3. The van der Waals surface area contributed by atoms with Gasteiger partial charge in [-0.2, -0.15) is 0 Å². The lowest BCUT2D eigenvalue weighted by atomic mass is 10.3. The zero-order valence-corrected chi connectivity index (χ0v) is 9.31. The van der Waals surface area contributed by atoms with Gasteiger partial charge in [0.2, 0.25) is 5.82 Å². The molecule has 1 saturated carbocycles. The van der Waals surface area contributed by atoms with E-state index in [1.165, 1.54) is 19.2 Å². The zero-order valence-electron chi connectivity index (χ0n) is 9.31. The van der Waals surface area contributed by atoms with Crippen molar-refractivity contribution in [3.63, 3.8) is 0 Å². The summed E-state index contributed by atoms with van der Waals surface area (Å²) in [6, 6.07) is 4.66. The maximum absolute atomic E-state index is 13.1. The van der Waals surface area contributed by atoms with Gasteiger partial charge >= 0.3 is 5.97 Å². The second-order valence-electron chi connectivity index (χ2n) is 4.16. The third kappa shape index (κ3) is 1.58. The molecule has 1 aliphatic carbocycles. The molecule has 1 heterocycles. The van der Waals surface area contributed by atoms with Crippen LogP contribution in [0.15, 0.2) is 18.2 Å². The fraction of sp³-hybridized carbons (Fsp3) is 0.333. The molecule has 0 aliphatic heterocycles. The summed E-state index contributed by atoms with van der Waals surface area (Å²) in [5, 5.41) is 0. The molecule has 88 valence electrons. The van der Waals surface area contributed by atoms with Crippen molar-refractivity contribution in [2.75, 3.05) is 7.11 Å². The average Bonchev–Trinajstić information content (AvgIpc) is 3.09. The fourth-order valence-corrected chi connectivity index (χ4v) is 2.01. The highest BCUT2D eigenvalue weighted by Gasteiger charge is 2.31. The molecule has 0 radical (unpaired) electrons. The quantitative estimate of drug-likeness (QED) is 0.749. The number of carbonyl (C=O) groups is 1. The predicted octanol–water partition coefficient (Wildman–Crippen LogP) is 2.30. The van der Waals surface area contributed by atoms with Crippen LogP contribution >= 0.6 is 0 Å². The zero-order chi connectivity index (χ0) is 12.0. The van der Waals surface area contributed by atoms with Crippen LogP contribution in [0.4, 0.5) is 4.39 Å². The first-order valence-electron chi connectivity index (χ1n) is 5.46. The van der Waals surface area contributed by atoms with Gasteiger partial charge in [0.15, 0.2) is 0 Å². The molecular weight excluding hydrogens is 223 g/mol. The van der Waals surface area contributed by atoms with Crippen molar-refractivity contribution < 1.29 is 13.9 Å². The minimum Gasteiger partial charge on any atom is -0.463 e. The number of hydrogen-bond donors (Lipinski definition) is 0. The van der Waals surface area contributed by atoms with Crippen LogP contribution in [0.2, 0.25) is 0 Å². The van der Waals surface area contributed by atoms with E-state index >= 15 is 0 Å². The molecule has 3 rings (SSSR count). The molecule has 0 bridgehead atoms. The molecule has 0 N–H and O–H groups in total. The number of esters is 1. The van der Waals surface area contributed by atoms with Gasteiger partial charge in [0.25, 0.3) is 0 Å². The van der Waals surface area contributed by atoms with Crippen molar-refractivity contribution in [2.24, 2.45) is 0 Å². The lowest BCUT2D eigenvalue weighted by Crippen LogP contribution is -2.10. The number of halogens is 1.